The van der Waals surface area contributed by atoms with Crippen LogP contribution in [0, 0.1) is 23.2 Å². The minimum absolute atomic E-state index is 0.123. The highest BCUT2D eigenvalue weighted by Gasteiger charge is 2.51. The Hall–Kier alpha value is -1.31. The summed E-state index contributed by atoms with van der Waals surface area (Å²) in [6, 6.07) is 1.98. The van der Waals surface area contributed by atoms with Crippen LogP contribution in [-0.2, 0) is 11.3 Å². The molecule has 1 aliphatic carbocycles. The van der Waals surface area contributed by atoms with Gasteiger partial charge in [-0.3, -0.25) is 4.79 Å². The highest BCUT2D eigenvalue weighted by atomic mass is 32.1. The van der Waals surface area contributed by atoms with Gasteiger partial charge in [0.05, 0.1) is 4.88 Å². The minimum atomic E-state index is -0.123. The van der Waals surface area contributed by atoms with Crippen LogP contribution in [0.2, 0.25) is 0 Å². The van der Waals surface area contributed by atoms with Crippen LogP contribution in [0.1, 0.15) is 30.7 Å². The van der Waals surface area contributed by atoms with Crippen molar-refractivity contribution >= 4 is 17.2 Å². The van der Waals surface area contributed by atoms with Gasteiger partial charge in [0.2, 0.25) is 5.91 Å². The average molecular weight is 277 g/mol. The minimum Gasteiger partial charge on any atom is -0.384 e. The summed E-state index contributed by atoms with van der Waals surface area (Å²) in [6.45, 7) is 4.78. The lowest BCUT2D eigenvalue weighted by molar-refractivity contribution is -0.132. The maximum Gasteiger partial charge on any atom is 0.226 e. The lowest BCUT2D eigenvalue weighted by Crippen LogP contribution is -2.28. The molecule has 1 atom stereocenters. The molecule has 0 aliphatic heterocycles. The van der Waals surface area contributed by atoms with Gasteiger partial charge in [0, 0.05) is 19.5 Å². The standard InChI is InChI=1S/C15H19NO2S/c1-15(2)8-13(15)14(18)16(3)9-11-7-12(19-10-11)5-4-6-17/h7,10,13,17H,6,8-9H2,1-3H3. The van der Waals surface area contributed by atoms with Crippen molar-refractivity contribution < 1.29 is 9.90 Å². The molecule has 1 aliphatic rings. The largest absolute Gasteiger partial charge is 0.384 e. The summed E-state index contributed by atoms with van der Waals surface area (Å²) in [7, 11) is 1.85. The van der Waals surface area contributed by atoms with Crippen molar-refractivity contribution in [3.63, 3.8) is 0 Å². The zero-order valence-electron chi connectivity index (χ0n) is 11.6. The monoisotopic (exact) mass is 277 g/mol. The predicted molar refractivity (Wildman–Crippen MR) is 76.6 cm³/mol. The van der Waals surface area contributed by atoms with Gasteiger partial charge in [-0.1, -0.05) is 25.7 Å². The number of aliphatic hydroxyl groups is 1. The fourth-order valence-corrected chi connectivity index (χ4v) is 2.93. The number of carbonyl (C=O) groups is 1. The fraction of sp³-hybridized carbons (Fsp3) is 0.533. The molecule has 0 spiro atoms. The Morgan fingerprint density at radius 2 is 2.32 bits per heavy atom. The van der Waals surface area contributed by atoms with E-state index in [4.69, 9.17) is 5.11 Å². The number of rotatable bonds is 3. The molecular formula is C15H19NO2S. The van der Waals surface area contributed by atoms with E-state index >= 15 is 0 Å². The second-order valence-corrected chi connectivity index (χ2v) is 6.63. The number of aliphatic hydroxyl groups excluding tert-OH is 1. The molecule has 19 heavy (non-hydrogen) atoms. The Kier molecular flexibility index (Phi) is 3.98. The van der Waals surface area contributed by atoms with E-state index in [2.05, 4.69) is 25.7 Å². The van der Waals surface area contributed by atoms with Gasteiger partial charge in [-0.2, -0.15) is 0 Å². The van der Waals surface area contributed by atoms with E-state index in [1.807, 2.05) is 18.5 Å². The Morgan fingerprint density at radius 3 is 2.89 bits per heavy atom. The van der Waals surface area contributed by atoms with Crippen molar-refractivity contribution in [3.8, 4) is 11.8 Å². The van der Waals surface area contributed by atoms with E-state index in [9.17, 15) is 4.79 Å². The molecule has 102 valence electrons. The molecule has 1 unspecified atom stereocenters. The van der Waals surface area contributed by atoms with E-state index in [0.717, 1.165) is 16.9 Å². The highest BCUT2D eigenvalue weighted by Crippen LogP contribution is 2.52. The predicted octanol–water partition coefficient (Wildman–Crippen LogP) is 2.10. The smallest absolute Gasteiger partial charge is 0.226 e. The molecule has 3 nitrogen and oxygen atoms in total. The molecule has 0 bridgehead atoms. The molecule has 0 radical (unpaired) electrons. The Bertz CT molecular complexity index is 536. The first kappa shape index (κ1) is 14.1. The van der Waals surface area contributed by atoms with Crippen LogP contribution in [0.15, 0.2) is 11.4 Å². The van der Waals surface area contributed by atoms with Crippen LogP contribution in [0.5, 0.6) is 0 Å². The van der Waals surface area contributed by atoms with Crippen LogP contribution in [0.4, 0.5) is 0 Å². The van der Waals surface area contributed by atoms with E-state index < -0.39 is 0 Å². The number of nitrogens with zero attached hydrogens (tertiary/aromatic N) is 1. The van der Waals surface area contributed by atoms with Gasteiger partial charge in [0.1, 0.15) is 6.61 Å². The summed E-state index contributed by atoms with van der Waals surface area (Å²) in [5.41, 5.74) is 1.28. The summed E-state index contributed by atoms with van der Waals surface area (Å²) in [4.78, 5) is 14.9. The van der Waals surface area contributed by atoms with E-state index in [1.54, 1.807) is 16.2 Å². The summed E-state index contributed by atoms with van der Waals surface area (Å²) >= 11 is 1.54. The number of carbonyl (C=O) groups excluding carboxylic acids is 1. The van der Waals surface area contributed by atoms with Gasteiger partial charge < -0.3 is 10.0 Å². The Labute approximate surface area is 118 Å². The zero-order chi connectivity index (χ0) is 14.0. The first-order valence-corrected chi connectivity index (χ1v) is 7.24. The summed E-state index contributed by atoms with van der Waals surface area (Å²) in [6.07, 6.45) is 0.993. The Morgan fingerprint density at radius 1 is 1.63 bits per heavy atom. The van der Waals surface area contributed by atoms with Crippen molar-refractivity contribution in [1.29, 1.82) is 0 Å². The third-order valence-corrected chi connectivity index (χ3v) is 4.45. The van der Waals surface area contributed by atoms with Crippen molar-refractivity contribution in [2.24, 2.45) is 11.3 Å². The topological polar surface area (TPSA) is 40.5 Å². The van der Waals surface area contributed by atoms with Gasteiger partial charge in [-0.05, 0) is 28.8 Å². The first-order valence-electron chi connectivity index (χ1n) is 6.36. The van der Waals surface area contributed by atoms with E-state index in [0.29, 0.717) is 6.54 Å². The van der Waals surface area contributed by atoms with Crippen molar-refractivity contribution in [1.82, 2.24) is 4.90 Å². The summed E-state index contributed by atoms with van der Waals surface area (Å²) in [5, 5.41) is 10.7. The molecule has 0 aromatic carbocycles. The molecule has 1 saturated carbocycles. The van der Waals surface area contributed by atoms with Crippen LogP contribution >= 0.6 is 11.3 Å². The van der Waals surface area contributed by atoms with Crippen LogP contribution in [-0.4, -0.2) is 29.6 Å². The van der Waals surface area contributed by atoms with Gasteiger partial charge in [-0.15, -0.1) is 11.3 Å². The van der Waals surface area contributed by atoms with Gasteiger partial charge in [0.15, 0.2) is 0 Å². The average Bonchev–Trinajstić information content (AvgIpc) is 2.79. The van der Waals surface area contributed by atoms with E-state index in [-0.39, 0.29) is 23.8 Å². The normalized spacial score (nSPS) is 19.5. The Balaban J connectivity index is 1.94. The maximum atomic E-state index is 12.2. The lowest BCUT2D eigenvalue weighted by atomic mass is 10.1. The lowest BCUT2D eigenvalue weighted by Gasteiger charge is -2.17. The molecular weight excluding hydrogens is 258 g/mol. The van der Waals surface area contributed by atoms with Crippen molar-refractivity contribution in [3.05, 3.63) is 21.9 Å². The summed E-state index contributed by atoms with van der Waals surface area (Å²) < 4.78 is 0. The molecule has 1 N–H and O–H groups in total. The third kappa shape index (κ3) is 3.37. The maximum absolute atomic E-state index is 12.2. The van der Waals surface area contributed by atoms with Crippen LogP contribution < -0.4 is 0 Å². The number of thiophene rings is 1. The number of amides is 1. The zero-order valence-corrected chi connectivity index (χ0v) is 12.4. The van der Waals surface area contributed by atoms with Gasteiger partial charge in [-0.25, -0.2) is 0 Å². The van der Waals surface area contributed by atoms with E-state index in [1.165, 1.54) is 0 Å². The molecule has 1 amide bonds. The molecule has 1 heterocycles. The van der Waals surface area contributed by atoms with Gasteiger partial charge in [0.25, 0.3) is 0 Å². The quantitative estimate of drug-likeness (QED) is 0.860. The highest BCUT2D eigenvalue weighted by molar-refractivity contribution is 7.10. The molecule has 1 aromatic heterocycles. The number of hydrogen-bond acceptors (Lipinski definition) is 3. The SMILES string of the molecule is CN(Cc1csc(C#CCO)c1)C(=O)C1CC1(C)C. The fourth-order valence-electron chi connectivity index (χ4n) is 2.16. The second kappa shape index (κ2) is 5.36. The summed E-state index contributed by atoms with van der Waals surface area (Å²) in [5.74, 6) is 5.93. The first-order chi connectivity index (χ1) is 8.94. The third-order valence-electron chi connectivity index (χ3n) is 3.55. The number of hydrogen-bond donors (Lipinski definition) is 1. The second-order valence-electron chi connectivity index (χ2n) is 5.72. The molecule has 4 heteroatoms. The molecule has 1 aromatic rings. The molecule has 0 saturated heterocycles. The van der Waals surface area contributed by atoms with Crippen molar-refractivity contribution in [2.75, 3.05) is 13.7 Å². The molecule has 1 fully saturated rings. The van der Waals surface area contributed by atoms with Crippen molar-refractivity contribution in [2.45, 2.75) is 26.8 Å². The van der Waals surface area contributed by atoms with Gasteiger partial charge >= 0.3 is 0 Å². The molecule has 2 rings (SSSR count). The van der Waals surface area contributed by atoms with Crippen LogP contribution in [0.25, 0.3) is 0 Å². The van der Waals surface area contributed by atoms with Crippen LogP contribution in [0.3, 0.4) is 0 Å².